The van der Waals surface area contributed by atoms with Crippen LogP contribution in [0.2, 0.25) is 0 Å². The van der Waals surface area contributed by atoms with Crippen molar-refractivity contribution >= 4 is 16.7 Å². The average molecular weight is 255 g/mol. The molecule has 0 spiro atoms. The second-order valence-electron chi connectivity index (χ2n) is 5.03. The van der Waals surface area contributed by atoms with Gasteiger partial charge in [-0.3, -0.25) is 0 Å². The van der Waals surface area contributed by atoms with Gasteiger partial charge in [-0.1, -0.05) is 19.8 Å². The Morgan fingerprint density at radius 3 is 2.76 bits per heavy atom. The summed E-state index contributed by atoms with van der Waals surface area (Å²) in [6.07, 6.45) is 6.12. The second kappa shape index (κ2) is 5.31. The van der Waals surface area contributed by atoms with E-state index in [-0.39, 0.29) is 0 Å². The molecule has 0 radical (unpaired) electrons. The second-order valence-corrected chi connectivity index (χ2v) is 5.76. The van der Waals surface area contributed by atoms with Gasteiger partial charge < -0.3 is 10.0 Å². The Morgan fingerprint density at radius 2 is 2.12 bits per heavy atom. The van der Waals surface area contributed by atoms with E-state index in [1.165, 1.54) is 11.5 Å². The molecule has 4 nitrogen and oxygen atoms in total. The lowest BCUT2D eigenvalue weighted by molar-refractivity contribution is 0.0559. The number of hydrogen-bond donors (Lipinski definition) is 1. The molecular formula is C12H21N3OS. The van der Waals surface area contributed by atoms with Gasteiger partial charge in [-0.15, -0.1) is 0 Å². The molecule has 17 heavy (non-hydrogen) atoms. The molecule has 0 aromatic carbocycles. The third-order valence-electron chi connectivity index (χ3n) is 3.32. The average Bonchev–Trinajstić information content (AvgIpc) is 2.88. The maximum Gasteiger partial charge on any atom is 0.205 e. The topological polar surface area (TPSA) is 49.2 Å². The molecule has 1 aromatic heterocycles. The number of anilines is 1. The van der Waals surface area contributed by atoms with Gasteiger partial charge in [-0.25, -0.2) is 4.98 Å². The van der Waals surface area contributed by atoms with Gasteiger partial charge >= 0.3 is 0 Å². The number of aliphatic hydroxyl groups is 1. The summed E-state index contributed by atoms with van der Waals surface area (Å²) in [4.78, 5) is 6.54. The van der Waals surface area contributed by atoms with Gasteiger partial charge in [0.1, 0.15) is 5.82 Å². The Labute approximate surface area is 107 Å². The lowest BCUT2D eigenvalue weighted by atomic mass is 10.0. The van der Waals surface area contributed by atoms with Gasteiger partial charge in [0.05, 0.1) is 5.60 Å². The third kappa shape index (κ3) is 3.16. The van der Waals surface area contributed by atoms with E-state index in [9.17, 15) is 5.11 Å². The highest BCUT2D eigenvalue weighted by Crippen LogP contribution is 2.31. The van der Waals surface area contributed by atoms with E-state index < -0.39 is 5.60 Å². The van der Waals surface area contributed by atoms with Gasteiger partial charge in [-0.05, 0) is 19.3 Å². The van der Waals surface area contributed by atoms with Crippen LogP contribution in [0.4, 0.5) is 5.13 Å². The predicted molar refractivity (Wildman–Crippen MR) is 70.6 cm³/mol. The van der Waals surface area contributed by atoms with Crippen molar-refractivity contribution in [3.05, 3.63) is 5.82 Å². The fourth-order valence-corrected chi connectivity index (χ4v) is 3.09. The van der Waals surface area contributed by atoms with Crippen LogP contribution in [-0.2, 0) is 6.42 Å². The van der Waals surface area contributed by atoms with Crippen LogP contribution in [0.1, 0.15) is 44.9 Å². The lowest BCUT2D eigenvalue weighted by Gasteiger charge is -2.27. The van der Waals surface area contributed by atoms with Gasteiger partial charge in [0.25, 0.3) is 0 Å². The van der Waals surface area contributed by atoms with Crippen molar-refractivity contribution in [2.75, 3.05) is 18.5 Å². The standard InChI is InChI=1S/C12H21N3OS/c1-3-6-10-13-11(17-14-10)15(2)9-12(16)7-4-5-8-12/h16H,3-9H2,1-2H3. The summed E-state index contributed by atoms with van der Waals surface area (Å²) in [6.45, 7) is 2.80. The maximum absolute atomic E-state index is 10.3. The number of likely N-dealkylation sites (N-methyl/N-ethyl adjacent to an activating group) is 1. The first kappa shape index (κ1) is 12.8. The monoisotopic (exact) mass is 255 g/mol. The zero-order chi connectivity index (χ0) is 12.3. The van der Waals surface area contributed by atoms with E-state index in [2.05, 4.69) is 16.3 Å². The quantitative estimate of drug-likeness (QED) is 0.876. The highest BCUT2D eigenvalue weighted by atomic mass is 32.1. The summed E-state index contributed by atoms with van der Waals surface area (Å²) in [6, 6.07) is 0. The van der Waals surface area contributed by atoms with Gasteiger partial charge in [0, 0.05) is 31.5 Å². The Balaban J connectivity index is 1.96. The smallest absolute Gasteiger partial charge is 0.205 e. The van der Waals surface area contributed by atoms with E-state index >= 15 is 0 Å². The zero-order valence-electron chi connectivity index (χ0n) is 10.6. The molecule has 1 aromatic rings. The first-order valence-electron chi connectivity index (χ1n) is 6.39. The lowest BCUT2D eigenvalue weighted by Crippen LogP contribution is -2.39. The Morgan fingerprint density at radius 1 is 1.41 bits per heavy atom. The van der Waals surface area contributed by atoms with E-state index in [1.807, 2.05) is 11.9 Å². The molecule has 96 valence electrons. The van der Waals surface area contributed by atoms with E-state index in [4.69, 9.17) is 0 Å². The van der Waals surface area contributed by atoms with Crippen molar-refractivity contribution in [1.29, 1.82) is 0 Å². The number of aryl methyl sites for hydroxylation is 1. The van der Waals surface area contributed by atoms with Crippen molar-refractivity contribution in [3.8, 4) is 0 Å². The molecule has 5 heteroatoms. The van der Waals surface area contributed by atoms with Crippen LogP contribution in [-0.4, -0.2) is 33.7 Å². The fourth-order valence-electron chi connectivity index (χ4n) is 2.43. The van der Waals surface area contributed by atoms with Crippen molar-refractivity contribution < 1.29 is 5.11 Å². The molecule has 1 aliphatic carbocycles. The Hall–Kier alpha value is -0.680. The molecule has 0 saturated heterocycles. The molecule has 1 heterocycles. The first-order valence-corrected chi connectivity index (χ1v) is 7.16. The molecule has 2 rings (SSSR count). The highest BCUT2D eigenvalue weighted by molar-refractivity contribution is 7.09. The minimum Gasteiger partial charge on any atom is -0.388 e. The van der Waals surface area contributed by atoms with Crippen molar-refractivity contribution in [2.45, 2.75) is 51.0 Å². The van der Waals surface area contributed by atoms with Crippen molar-refractivity contribution in [2.24, 2.45) is 0 Å². The maximum atomic E-state index is 10.3. The van der Waals surface area contributed by atoms with Crippen molar-refractivity contribution in [1.82, 2.24) is 9.36 Å². The van der Waals surface area contributed by atoms with Crippen LogP contribution in [0.3, 0.4) is 0 Å². The predicted octanol–water partition coefficient (Wildman–Crippen LogP) is 2.23. The molecule has 0 aliphatic heterocycles. The molecule has 1 aliphatic rings. The summed E-state index contributed by atoms with van der Waals surface area (Å²) >= 11 is 1.43. The summed E-state index contributed by atoms with van der Waals surface area (Å²) in [5.41, 5.74) is -0.509. The normalized spacial score (nSPS) is 18.5. The third-order valence-corrected chi connectivity index (χ3v) is 4.19. The number of rotatable bonds is 5. The van der Waals surface area contributed by atoms with Gasteiger partial charge in [0.15, 0.2) is 0 Å². The van der Waals surface area contributed by atoms with Crippen LogP contribution < -0.4 is 4.90 Å². The minimum absolute atomic E-state index is 0.509. The SMILES string of the molecule is CCCc1nsc(N(C)CC2(O)CCCC2)n1. The molecule has 0 amide bonds. The largest absolute Gasteiger partial charge is 0.388 e. The summed E-state index contributed by atoms with van der Waals surface area (Å²) in [5, 5.41) is 11.3. The summed E-state index contributed by atoms with van der Waals surface area (Å²) < 4.78 is 4.33. The van der Waals surface area contributed by atoms with Crippen molar-refractivity contribution in [3.63, 3.8) is 0 Å². The van der Waals surface area contributed by atoms with E-state index in [0.717, 1.165) is 49.5 Å². The highest BCUT2D eigenvalue weighted by Gasteiger charge is 2.32. The summed E-state index contributed by atoms with van der Waals surface area (Å²) in [5.74, 6) is 0.928. The fraction of sp³-hybridized carbons (Fsp3) is 0.833. The number of hydrogen-bond acceptors (Lipinski definition) is 5. The van der Waals surface area contributed by atoms with Crippen LogP contribution in [0.25, 0.3) is 0 Å². The number of aromatic nitrogens is 2. The molecular weight excluding hydrogens is 234 g/mol. The molecule has 0 bridgehead atoms. The zero-order valence-corrected chi connectivity index (χ0v) is 11.5. The molecule has 1 fully saturated rings. The molecule has 0 unspecified atom stereocenters. The molecule has 1 N–H and O–H groups in total. The molecule has 1 saturated carbocycles. The first-order chi connectivity index (χ1) is 8.13. The Kier molecular flexibility index (Phi) is 3.99. The molecule has 0 atom stereocenters. The van der Waals surface area contributed by atoms with Crippen LogP contribution >= 0.6 is 11.5 Å². The van der Waals surface area contributed by atoms with E-state index in [1.54, 1.807) is 0 Å². The minimum atomic E-state index is -0.509. The van der Waals surface area contributed by atoms with Crippen LogP contribution in [0.5, 0.6) is 0 Å². The van der Waals surface area contributed by atoms with Gasteiger partial charge in [0.2, 0.25) is 5.13 Å². The van der Waals surface area contributed by atoms with Crippen LogP contribution in [0.15, 0.2) is 0 Å². The number of nitrogens with zero attached hydrogens (tertiary/aromatic N) is 3. The Bertz CT molecular complexity index is 360. The summed E-state index contributed by atoms with van der Waals surface area (Å²) in [7, 11) is 1.99. The van der Waals surface area contributed by atoms with Gasteiger partial charge in [-0.2, -0.15) is 4.37 Å². The van der Waals surface area contributed by atoms with E-state index in [0.29, 0.717) is 6.54 Å². The van der Waals surface area contributed by atoms with Crippen LogP contribution in [0, 0.1) is 0 Å².